The first kappa shape index (κ1) is 10.0. The van der Waals surface area contributed by atoms with E-state index in [0.29, 0.717) is 6.61 Å². The molecule has 0 unspecified atom stereocenters. The maximum Gasteiger partial charge on any atom is 0.0466 e. The van der Waals surface area contributed by atoms with Crippen LogP contribution in [0.25, 0.3) is 0 Å². The molecule has 1 saturated carbocycles. The monoisotopic (exact) mass is 169 g/mol. The summed E-state index contributed by atoms with van der Waals surface area (Å²) in [6.07, 6.45) is 9.92. The molecule has 1 aliphatic carbocycles. The van der Waals surface area contributed by atoms with Crippen LogP contribution < -0.4 is 0 Å². The van der Waals surface area contributed by atoms with Gasteiger partial charge in [0.1, 0.15) is 0 Å². The van der Waals surface area contributed by atoms with Gasteiger partial charge in [0.25, 0.3) is 0 Å². The average molecular weight is 169 g/mol. The van der Waals surface area contributed by atoms with Crippen molar-refractivity contribution in [2.75, 3.05) is 13.2 Å². The van der Waals surface area contributed by atoms with Gasteiger partial charge < -0.3 is 4.74 Å². The Balaban J connectivity index is 1.91. The summed E-state index contributed by atoms with van der Waals surface area (Å²) >= 11 is 0. The third-order valence-electron chi connectivity index (χ3n) is 2.77. The van der Waals surface area contributed by atoms with Crippen molar-refractivity contribution in [3.8, 4) is 0 Å². The Labute approximate surface area is 76.5 Å². The molecule has 0 heterocycles. The van der Waals surface area contributed by atoms with Crippen LogP contribution in [0.2, 0.25) is 0 Å². The molecule has 0 aliphatic heterocycles. The zero-order valence-corrected chi connectivity index (χ0v) is 8.06. The molecule has 1 fully saturated rings. The number of hydrogen-bond acceptors (Lipinski definition) is 1. The molecular formula is C11H21O. The predicted molar refractivity (Wildman–Crippen MR) is 52.0 cm³/mol. The topological polar surface area (TPSA) is 9.23 Å². The molecule has 1 rings (SSSR count). The van der Waals surface area contributed by atoms with E-state index in [4.69, 9.17) is 4.74 Å². The molecular weight excluding hydrogens is 148 g/mol. The number of rotatable bonds is 5. The fourth-order valence-corrected chi connectivity index (χ4v) is 2.05. The minimum Gasteiger partial charge on any atom is -0.381 e. The molecule has 71 valence electrons. The highest BCUT2D eigenvalue weighted by Gasteiger charge is 2.12. The normalized spacial score (nSPS) is 19.8. The fourth-order valence-electron chi connectivity index (χ4n) is 2.05. The second kappa shape index (κ2) is 6.47. The van der Waals surface area contributed by atoms with Crippen LogP contribution in [0.3, 0.4) is 0 Å². The fraction of sp³-hybridized carbons (Fsp3) is 0.909. The second-order valence-corrected chi connectivity index (χ2v) is 3.76. The van der Waals surface area contributed by atoms with Gasteiger partial charge in [0.15, 0.2) is 0 Å². The van der Waals surface area contributed by atoms with Crippen molar-refractivity contribution in [1.82, 2.24) is 0 Å². The van der Waals surface area contributed by atoms with Crippen molar-refractivity contribution >= 4 is 0 Å². The largest absolute Gasteiger partial charge is 0.381 e. The summed E-state index contributed by atoms with van der Waals surface area (Å²) in [7, 11) is 0. The summed E-state index contributed by atoms with van der Waals surface area (Å²) in [4.78, 5) is 0. The van der Waals surface area contributed by atoms with Gasteiger partial charge in [-0.3, -0.25) is 0 Å². The molecule has 0 bridgehead atoms. The van der Waals surface area contributed by atoms with Crippen molar-refractivity contribution in [3.05, 3.63) is 6.92 Å². The lowest BCUT2D eigenvalue weighted by Gasteiger charge is -2.21. The van der Waals surface area contributed by atoms with Gasteiger partial charge in [0.05, 0.1) is 0 Å². The Kier molecular flexibility index (Phi) is 5.42. The van der Waals surface area contributed by atoms with E-state index in [1.807, 2.05) is 0 Å². The van der Waals surface area contributed by atoms with Gasteiger partial charge in [-0.2, -0.15) is 0 Å². The van der Waals surface area contributed by atoms with Gasteiger partial charge in [0, 0.05) is 13.2 Å². The quantitative estimate of drug-likeness (QED) is 0.574. The Morgan fingerprint density at radius 1 is 1.17 bits per heavy atom. The summed E-state index contributed by atoms with van der Waals surface area (Å²) in [6, 6.07) is 0. The highest BCUT2D eigenvalue weighted by atomic mass is 16.5. The summed E-state index contributed by atoms with van der Waals surface area (Å²) in [5.74, 6) is 1.01. The third-order valence-corrected chi connectivity index (χ3v) is 2.77. The smallest absolute Gasteiger partial charge is 0.0466 e. The minimum atomic E-state index is 0.630. The maximum atomic E-state index is 5.21. The molecule has 12 heavy (non-hydrogen) atoms. The Hall–Kier alpha value is -0.0400. The van der Waals surface area contributed by atoms with Crippen molar-refractivity contribution in [1.29, 1.82) is 0 Å². The summed E-state index contributed by atoms with van der Waals surface area (Å²) in [5.41, 5.74) is 0. The molecule has 1 aliphatic rings. The van der Waals surface area contributed by atoms with Gasteiger partial charge in [-0.15, -0.1) is 0 Å². The Bertz CT molecular complexity index is 95.2. The van der Waals surface area contributed by atoms with Gasteiger partial charge >= 0.3 is 0 Å². The van der Waals surface area contributed by atoms with Gasteiger partial charge in [0.2, 0.25) is 0 Å². The standard InChI is InChI=1S/C11H21O/c1-2-12-10-6-9-11-7-4-3-5-8-11/h11H,1-10H2. The van der Waals surface area contributed by atoms with E-state index in [2.05, 4.69) is 6.92 Å². The van der Waals surface area contributed by atoms with Crippen LogP contribution >= 0.6 is 0 Å². The van der Waals surface area contributed by atoms with E-state index in [9.17, 15) is 0 Å². The highest BCUT2D eigenvalue weighted by molar-refractivity contribution is 4.65. The molecule has 1 radical (unpaired) electrons. The molecule has 0 atom stereocenters. The van der Waals surface area contributed by atoms with Crippen LogP contribution in [0.1, 0.15) is 44.9 Å². The summed E-state index contributed by atoms with van der Waals surface area (Å²) in [6.45, 7) is 5.19. The van der Waals surface area contributed by atoms with Gasteiger partial charge in [-0.1, -0.05) is 32.1 Å². The van der Waals surface area contributed by atoms with Gasteiger partial charge in [-0.25, -0.2) is 0 Å². The first-order valence-electron chi connectivity index (χ1n) is 5.30. The SMILES string of the molecule is [CH2]COCCCC1CCCCC1. The molecule has 0 aromatic rings. The van der Waals surface area contributed by atoms with Gasteiger partial charge in [-0.05, 0) is 25.7 Å². The lowest BCUT2D eigenvalue weighted by atomic mass is 9.86. The zero-order chi connectivity index (χ0) is 8.65. The minimum absolute atomic E-state index is 0.630. The summed E-state index contributed by atoms with van der Waals surface area (Å²) in [5, 5.41) is 0. The van der Waals surface area contributed by atoms with Crippen LogP contribution in [0, 0.1) is 12.8 Å². The average Bonchev–Trinajstić information content (AvgIpc) is 2.14. The van der Waals surface area contributed by atoms with E-state index in [0.717, 1.165) is 12.5 Å². The van der Waals surface area contributed by atoms with E-state index in [1.54, 1.807) is 0 Å². The zero-order valence-electron chi connectivity index (χ0n) is 8.06. The Morgan fingerprint density at radius 2 is 1.92 bits per heavy atom. The molecule has 0 saturated heterocycles. The van der Waals surface area contributed by atoms with E-state index in [-0.39, 0.29) is 0 Å². The Morgan fingerprint density at radius 3 is 2.58 bits per heavy atom. The van der Waals surface area contributed by atoms with E-state index in [1.165, 1.54) is 44.9 Å². The number of hydrogen-bond donors (Lipinski definition) is 0. The molecule has 0 amide bonds. The van der Waals surface area contributed by atoms with Crippen molar-refractivity contribution in [2.45, 2.75) is 44.9 Å². The van der Waals surface area contributed by atoms with Crippen LogP contribution in [0.15, 0.2) is 0 Å². The first-order chi connectivity index (χ1) is 5.93. The molecule has 1 heteroatoms. The van der Waals surface area contributed by atoms with Crippen LogP contribution in [-0.2, 0) is 4.74 Å². The number of ether oxygens (including phenoxy) is 1. The van der Waals surface area contributed by atoms with E-state index < -0.39 is 0 Å². The third kappa shape index (κ3) is 4.10. The van der Waals surface area contributed by atoms with Crippen LogP contribution in [0.5, 0.6) is 0 Å². The molecule has 0 spiro atoms. The second-order valence-electron chi connectivity index (χ2n) is 3.76. The highest BCUT2D eigenvalue weighted by Crippen LogP contribution is 2.26. The van der Waals surface area contributed by atoms with Crippen molar-refractivity contribution in [2.24, 2.45) is 5.92 Å². The maximum absolute atomic E-state index is 5.21. The van der Waals surface area contributed by atoms with Crippen LogP contribution in [0.4, 0.5) is 0 Å². The first-order valence-corrected chi connectivity index (χ1v) is 5.30. The lowest BCUT2D eigenvalue weighted by molar-refractivity contribution is 0.149. The van der Waals surface area contributed by atoms with Crippen molar-refractivity contribution in [3.63, 3.8) is 0 Å². The lowest BCUT2D eigenvalue weighted by Crippen LogP contribution is -2.07. The van der Waals surface area contributed by atoms with Crippen molar-refractivity contribution < 1.29 is 4.74 Å². The molecule has 0 aromatic heterocycles. The summed E-state index contributed by atoms with van der Waals surface area (Å²) < 4.78 is 5.21. The molecule has 1 nitrogen and oxygen atoms in total. The molecule has 0 N–H and O–H groups in total. The predicted octanol–water partition coefficient (Wildman–Crippen LogP) is 3.20. The molecule has 0 aromatic carbocycles. The van der Waals surface area contributed by atoms with E-state index >= 15 is 0 Å². The van der Waals surface area contributed by atoms with Crippen LogP contribution in [-0.4, -0.2) is 13.2 Å².